The second-order valence-electron chi connectivity index (χ2n) is 7.77. The first kappa shape index (κ1) is 22.3. The number of carbonyl (C=O) groups is 2. The standard InChI is InChI=1S/C25H27N5O3/c1-17(31)26-14-15-28-25(32)23-16-24-27-13-12-22(30(24)29(23)2)20-6-4-18(5-7-20)19-8-10-21(33-3)11-9-19/h4-13,16,23H,14-15H2,1-3H3,(H,26,31)(H,28,32). The van der Waals surface area contributed by atoms with E-state index in [4.69, 9.17) is 4.74 Å². The fraction of sp³-hybridized carbons (Fsp3) is 0.240. The van der Waals surface area contributed by atoms with Crippen molar-refractivity contribution in [3.05, 3.63) is 72.1 Å². The highest BCUT2D eigenvalue weighted by Crippen LogP contribution is 2.34. The summed E-state index contributed by atoms with van der Waals surface area (Å²) in [7, 11) is 3.52. The number of rotatable bonds is 7. The number of nitrogens with zero attached hydrogens (tertiary/aromatic N) is 3. The number of fused-ring (bicyclic) bond motifs is 1. The first-order chi connectivity index (χ1) is 16.0. The minimum atomic E-state index is -0.491. The topological polar surface area (TPSA) is 86.3 Å². The Balaban J connectivity index is 1.47. The number of carbonyl (C=O) groups excluding carboxylic acids is 2. The molecular weight excluding hydrogens is 418 g/mol. The second kappa shape index (κ2) is 9.70. The largest absolute Gasteiger partial charge is 0.497 e. The van der Waals surface area contributed by atoms with Crippen LogP contribution in [0.25, 0.3) is 16.8 Å². The zero-order valence-electron chi connectivity index (χ0n) is 18.9. The molecule has 2 aliphatic heterocycles. The molecule has 2 aromatic carbocycles. The van der Waals surface area contributed by atoms with Gasteiger partial charge in [-0.1, -0.05) is 36.4 Å². The van der Waals surface area contributed by atoms with Gasteiger partial charge in [-0.3, -0.25) is 14.6 Å². The van der Waals surface area contributed by atoms with Gasteiger partial charge in [-0.25, -0.2) is 10.0 Å². The number of aliphatic imine (C=N–C) groups is 1. The zero-order chi connectivity index (χ0) is 23.4. The molecule has 1 unspecified atom stereocenters. The lowest BCUT2D eigenvalue weighted by Crippen LogP contribution is -2.47. The van der Waals surface area contributed by atoms with Gasteiger partial charge >= 0.3 is 0 Å². The van der Waals surface area contributed by atoms with Gasteiger partial charge in [0.2, 0.25) is 11.8 Å². The Morgan fingerprint density at radius 2 is 1.58 bits per heavy atom. The van der Waals surface area contributed by atoms with Crippen LogP contribution in [0, 0.1) is 0 Å². The summed E-state index contributed by atoms with van der Waals surface area (Å²) in [6.07, 6.45) is 5.52. The lowest BCUT2D eigenvalue weighted by atomic mass is 10.0. The molecule has 0 saturated heterocycles. The second-order valence-corrected chi connectivity index (χ2v) is 7.77. The molecule has 0 aromatic heterocycles. The Morgan fingerprint density at radius 3 is 2.21 bits per heavy atom. The van der Waals surface area contributed by atoms with E-state index >= 15 is 0 Å². The summed E-state index contributed by atoms with van der Waals surface area (Å²) in [6, 6.07) is 15.8. The van der Waals surface area contributed by atoms with Crippen LogP contribution in [0.5, 0.6) is 5.75 Å². The summed E-state index contributed by atoms with van der Waals surface area (Å²) >= 11 is 0. The third kappa shape index (κ3) is 4.80. The lowest BCUT2D eigenvalue weighted by molar-refractivity contribution is -0.126. The summed E-state index contributed by atoms with van der Waals surface area (Å²) < 4.78 is 5.24. The smallest absolute Gasteiger partial charge is 0.243 e. The van der Waals surface area contributed by atoms with Crippen LogP contribution in [0.1, 0.15) is 12.5 Å². The van der Waals surface area contributed by atoms with Crippen molar-refractivity contribution in [2.75, 3.05) is 27.2 Å². The summed E-state index contributed by atoms with van der Waals surface area (Å²) in [6.45, 7) is 2.21. The molecule has 33 heavy (non-hydrogen) atoms. The highest BCUT2D eigenvalue weighted by molar-refractivity contribution is 5.90. The van der Waals surface area contributed by atoms with Gasteiger partial charge in [0.15, 0.2) is 0 Å². The quantitative estimate of drug-likeness (QED) is 0.640. The average Bonchev–Trinajstić information content (AvgIpc) is 3.18. The Bertz CT molecular complexity index is 1120. The summed E-state index contributed by atoms with van der Waals surface area (Å²) in [5.41, 5.74) is 4.17. The predicted octanol–water partition coefficient (Wildman–Crippen LogP) is 2.41. The molecule has 0 radical (unpaired) electrons. The van der Waals surface area contributed by atoms with E-state index in [0.29, 0.717) is 18.9 Å². The molecule has 0 fully saturated rings. The van der Waals surface area contributed by atoms with Crippen molar-refractivity contribution in [3.8, 4) is 16.9 Å². The van der Waals surface area contributed by atoms with Crippen molar-refractivity contribution in [3.63, 3.8) is 0 Å². The van der Waals surface area contributed by atoms with Gasteiger partial charge in [-0.2, -0.15) is 0 Å². The molecule has 2 N–H and O–H groups in total. The molecule has 2 heterocycles. The van der Waals surface area contributed by atoms with Crippen molar-refractivity contribution in [1.82, 2.24) is 20.7 Å². The number of methoxy groups -OCH3 is 1. The van der Waals surface area contributed by atoms with E-state index in [9.17, 15) is 9.59 Å². The molecule has 0 aliphatic carbocycles. The Kier molecular flexibility index (Phi) is 6.55. The maximum absolute atomic E-state index is 12.7. The van der Waals surface area contributed by atoms with Crippen LogP contribution in [0.4, 0.5) is 0 Å². The molecule has 1 atom stereocenters. The van der Waals surface area contributed by atoms with Gasteiger partial charge in [0.25, 0.3) is 0 Å². The molecule has 2 amide bonds. The normalized spacial score (nSPS) is 17.2. The van der Waals surface area contributed by atoms with E-state index in [1.54, 1.807) is 13.3 Å². The molecule has 2 aliphatic rings. The minimum absolute atomic E-state index is 0.122. The van der Waals surface area contributed by atoms with Crippen LogP contribution in [-0.4, -0.2) is 61.3 Å². The fourth-order valence-electron chi connectivity index (χ4n) is 3.86. The summed E-state index contributed by atoms with van der Waals surface area (Å²) in [5, 5.41) is 9.34. The highest BCUT2D eigenvalue weighted by Gasteiger charge is 2.37. The Hall–Kier alpha value is -3.91. The molecule has 0 bridgehead atoms. The Morgan fingerprint density at radius 1 is 0.970 bits per heavy atom. The van der Waals surface area contributed by atoms with Crippen molar-refractivity contribution < 1.29 is 14.3 Å². The maximum Gasteiger partial charge on any atom is 0.243 e. The van der Waals surface area contributed by atoms with Gasteiger partial charge < -0.3 is 15.4 Å². The van der Waals surface area contributed by atoms with Crippen LogP contribution in [0.3, 0.4) is 0 Å². The molecule has 8 nitrogen and oxygen atoms in total. The number of ether oxygens (including phenoxy) is 1. The molecule has 4 rings (SSSR count). The average molecular weight is 446 g/mol. The van der Waals surface area contributed by atoms with E-state index in [1.807, 2.05) is 53.5 Å². The van der Waals surface area contributed by atoms with Crippen molar-refractivity contribution in [2.45, 2.75) is 13.0 Å². The van der Waals surface area contributed by atoms with Gasteiger partial charge in [0, 0.05) is 33.3 Å². The molecule has 8 heteroatoms. The van der Waals surface area contributed by atoms with Gasteiger partial charge in [-0.15, -0.1) is 0 Å². The molecule has 2 aromatic rings. The number of amides is 2. The molecule has 0 saturated carbocycles. The van der Waals surface area contributed by atoms with E-state index in [1.165, 1.54) is 6.92 Å². The van der Waals surface area contributed by atoms with Crippen LogP contribution in [0.15, 0.2) is 71.5 Å². The fourth-order valence-corrected chi connectivity index (χ4v) is 3.86. The third-order valence-electron chi connectivity index (χ3n) is 5.58. The zero-order valence-corrected chi connectivity index (χ0v) is 18.9. The number of hydrogen-bond donors (Lipinski definition) is 2. The number of hydrazine groups is 1. The lowest BCUT2D eigenvalue weighted by Gasteiger charge is -2.33. The van der Waals surface area contributed by atoms with Gasteiger partial charge in [0.05, 0.1) is 12.8 Å². The van der Waals surface area contributed by atoms with Crippen molar-refractivity contribution in [1.29, 1.82) is 0 Å². The van der Waals surface area contributed by atoms with E-state index in [2.05, 4.69) is 39.9 Å². The number of nitrogens with one attached hydrogen (secondary N) is 2. The number of likely N-dealkylation sites (N-methyl/N-ethyl adjacent to an activating group) is 1. The third-order valence-corrected chi connectivity index (χ3v) is 5.58. The molecular formula is C25H27N5O3. The monoisotopic (exact) mass is 445 g/mol. The first-order valence-electron chi connectivity index (χ1n) is 10.7. The number of benzene rings is 2. The Labute approximate surface area is 193 Å². The predicted molar refractivity (Wildman–Crippen MR) is 128 cm³/mol. The van der Waals surface area contributed by atoms with E-state index in [0.717, 1.165) is 28.1 Å². The highest BCUT2D eigenvalue weighted by atomic mass is 16.5. The van der Waals surface area contributed by atoms with Gasteiger partial charge in [-0.05, 0) is 41.0 Å². The van der Waals surface area contributed by atoms with Crippen molar-refractivity contribution in [2.24, 2.45) is 4.99 Å². The number of hydrogen-bond acceptors (Lipinski definition) is 6. The van der Waals surface area contributed by atoms with Crippen molar-refractivity contribution >= 4 is 23.7 Å². The van der Waals surface area contributed by atoms with Crippen LogP contribution < -0.4 is 15.4 Å². The van der Waals surface area contributed by atoms with Crippen LogP contribution in [-0.2, 0) is 9.59 Å². The van der Waals surface area contributed by atoms with Crippen LogP contribution in [0.2, 0.25) is 0 Å². The first-order valence-corrected chi connectivity index (χ1v) is 10.7. The van der Waals surface area contributed by atoms with E-state index in [-0.39, 0.29) is 11.8 Å². The van der Waals surface area contributed by atoms with Gasteiger partial charge in [0.1, 0.15) is 17.6 Å². The maximum atomic E-state index is 12.7. The summed E-state index contributed by atoms with van der Waals surface area (Å²) in [5.74, 6) is 1.26. The number of allylic oxidation sites excluding steroid dienone is 1. The molecule has 170 valence electrons. The molecule has 0 spiro atoms. The summed E-state index contributed by atoms with van der Waals surface area (Å²) in [4.78, 5) is 28.2. The SMILES string of the molecule is COc1ccc(-c2ccc(C3=CC=NC4=CC(C(=O)NCCNC(C)=O)N(C)N43)cc2)cc1. The van der Waals surface area contributed by atoms with E-state index < -0.39 is 6.04 Å². The van der Waals surface area contributed by atoms with Crippen LogP contribution >= 0.6 is 0 Å². The minimum Gasteiger partial charge on any atom is -0.497 e.